The Morgan fingerprint density at radius 2 is 2.08 bits per heavy atom. The molecule has 1 N–H and O–H groups in total. The minimum Gasteiger partial charge on any atom is -0.360 e. The molecule has 0 aliphatic carbocycles. The molecule has 2 aromatic rings. The van der Waals surface area contributed by atoms with Gasteiger partial charge in [-0.15, -0.1) is 0 Å². The number of H-pyrrole nitrogens is 1. The van der Waals surface area contributed by atoms with Crippen molar-refractivity contribution in [1.82, 2.24) is 4.98 Å². The fraction of sp³-hybridized carbons (Fsp3) is 0.100. The van der Waals surface area contributed by atoms with E-state index in [0.717, 1.165) is 5.56 Å². The molecule has 0 fully saturated rings. The molecule has 0 aliphatic heterocycles. The summed E-state index contributed by atoms with van der Waals surface area (Å²) in [6.07, 6.45) is 1.61. The number of hydrogen-bond acceptors (Lipinski definition) is 1. The maximum absolute atomic E-state index is 11.4. The number of benzene rings is 1. The molecule has 3 heteroatoms. The molecule has 0 saturated heterocycles. The van der Waals surface area contributed by atoms with Gasteiger partial charge in [-0.05, 0) is 18.6 Å². The number of rotatable bonds is 0. The van der Waals surface area contributed by atoms with Crippen LogP contribution >= 0.6 is 11.6 Å². The largest absolute Gasteiger partial charge is 0.360 e. The summed E-state index contributed by atoms with van der Waals surface area (Å²) in [4.78, 5) is 14.3. The van der Waals surface area contributed by atoms with Gasteiger partial charge < -0.3 is 4.98 Å². The molecule has 2 nitrogen and oxygen atoms in total. The predicted molar refractivity (Wildman–Crippen MR) is 54.3 cm³/mol. The lowest BCUT2D eigenvalue weighted by atomic mass is 10.1. The van der Waals surface area contributed by atoms with Crippen molar-refractivity contribution in [3.05, 3.63) is 45.2 Å². The summed E-state index contributed by atoms with van der Waals surface area (Å²) >= 11 is 6.03. The first-order valence-electron chi connectivity index (χ1n) is 3.96. The Morgan fingerprint density at radius 1 is 1.31 bits per heavy atom. The average Bonchev–Trinajstić information content (AvgIpc) is 2.12. The average molecular weight is 194 g/mol. The lowest BCUT2D eigenvalue weighted by Crippen LogP contribution is -2.00. The molecule has 0 saturated carbocycles. The van der Waals surface area contributed by atoms with Gasteiger partial charge in [0.25, 0.3) is 0 Å². The second-order valence-corrected chi connectivity index (χ2v) is 3.34. The van der Waals surface area contributed by atoms with Crippen LogP contribution in [0.4, 0.5) is 0 Å². The highest BCUT2D eigenvalue weighted by molar-refractivity contribution is 6.35. The number of hydrogen-bond donors (Lipinski definition) is 1. The summed E-state index contributed by atoms with van der Waals surface area (Å²) in [5.74, 6) is 0. The van der Waals surface area contributed by atoms with Crippen LogP contribution in [0.5, 0.6) is 0 Å². The van der Waals surface area contributed by atoms with Crippen molar-refractivity contribution >= 4 is 22.5 Å². The van der Waals surface area contributed by atoms with Gasteiger partial charge in [-0.1, -0.05) is 17.7 Å². The van der Waals surface area contributed by atoms with E-state index < -0.39 is 0 Å². The quantitative estimate of drug-likeness (QED) is 0.685. The van der Waals surface area contributed by atoms with Crippen LogP contribution in [-0.4, -0.2) is 4.98 Å². The monoisotopic (exact) mass is 193 g/mol. The van der Waals surface area contributed by atoms with Crippen LogP contribution in [-0.2, 0) is 0 Å². The van der Waals surface area contributed by atoms with E-state index in [9.17, 15) is 4.79 Å². The van der Waals surface area contributed by atoms with E-state index in [1.165, 1.54) is 6.07 Å². The number of aromatic nitrogens is 1. The highest BCUT2D eigenvalue weighted by atomic mass is 35.5. The minimum atomic E-state index is -0.00403. The molecule has 0 radical (unpaired) electrons. The Labute approximate surface area is 80.2 Å². The van der Waals surface area contributed by atoms with E-state index in [1.54, 1.807) is 12.3 Å². The molecule has 13 heavy (non-hydrogen) atoms. The molecular weight excluding hydrogens is 186 g/mol. The molecule has 0 amide bonds. The predicted octanol–water partition coefficient (Wildman–Crippen LogP) is 2.49. The maximum Gasteiger partial charge on any atom is 0.189 e. The molecule has 0 spiro atoms. The molecule has 1 aromatic heterocycles. The maximum atomic E-state index is 11.4. The zero-order valence-corrected chi connectivity index (χ0v) is 7.85. The summed E-state index contributed by atoms with van der Waals surface area (Å²) < 4.78 is 0. The van der Waals surface area contributed by atoms with Crippen LogP contribution in [0.1, 0.15) is 5.56 Å². The molecule has 1 heterocycles. The van der Waals surface area contributed by atoms with E-state index in [0.29, 0.717) is 15.9 Å². The molecule has 0 atom stereocenters. The third-order valence-corrected chi connectivity index (χ3v) is 2.55. The van der Waals surface area contributed by atoms with E-state index in [2.05, 4.69) is 4.98 Å². The van der Waals surface area contributed by atoms with Crippen LogP contribution in [0.2, 0.25) is 5.02 Å². The third-order valence-electron chi connectivity index (χ3n) is 2.06. The molecular formula is C10H8ClNO. The lowest BCUT2D eigenvalue weighted by molar-refractivity contribution is 1.37. The Hall–Kier alpha value is -1.28. The lowest BCUT2D eigenvalue weighted by Gasteiger charge is -2.01. The van der Waals surface area contributed by atoms with Gasteiger partial charge in [0.15, 0.2) is 5.43 Å². The number of halogens is 1. The standard InChI is InChI=1S/C10H8ClNO/c1-6-2-3-7-8(13)4-5-12-10(7)9(6)11/h2-5H,1H3,(H,12,13). The van der Waals surface area contributed by atoms with Gasteiger partial charge in [-0.3, -0.25) is 4.79 Å². The van der Waals surface area contributed by atoms with Crippen molar-refractivity contribution in [2.24, 2.45) is 0 Å². The number of fused-ring (bicyclic) bond motifs is 1. The van der Waals surface area contributed by atoms with Gasteiger partial charge in [-0.25, -0.2) is 0 Å². The SMILES string of the molecule is Cc1ccc2c(=O)cc[nH]c2c1Cl. The van der Waals surface area contributed by atoms with Gasteiger partial charge in [0.1, 0.15) is 0 Å². The normalized spacial score (nSPS) is 10.6. The van der Waals surface area contributed by atoms with Gasteiger partial charge in [-0.2, -0.15) is 0 Å². The van der Waals surface area contributed by atoms with Crippen molar-refractivity contribution in [2.45, 2.75) is 6.92 Å². The molecule has 0 unspecified atom stereocenters. The second kappa shape index (κ2) is 2.89. The molecule has 1 aromatic carbocycles. The first-order valence-corrected chi connectivity index (χ1v) is 4.34. The summed E-state index contributed by atoms with van der Waals surface area (Å²) in [6.45, 7) is 1.91. The van der Waals surface area contributed by atoms with E-state index >= 15 is 0 Å². The van der Waals surface area contributed by atoms with Crippen LogP contribution in [0, 0.1) is 6.92 Å². The zero-order valence-electron chi connectivity index (χ0n) is 7.10. The Bertz CT molecular complexity index is 516. The first-order chi connectivity index (χ1) is 6.20. The van der Waals surface area contributed by atoms with Crippen molar-refractivity contribution in [1.29, 1.82) is 0 Å². The van der Waals surface area contributed by atoms with E-state index in [-0.39, 0.29) is 5.43 Å². The fourth-order valence-electron chi connectivity index (χ4n) is 1.32. The Kier molecular flexibility index (Phi) is 1.85. The number of nitrogens with one attached hydrogen (secondary N) is 1. The van der Waals surface area contributed by atoms with Crippen molar-refractivity contribution in [2.75, 3.05) is 0 Å². The molecule has 0 bridgehead atoms. The summed E-state index contributed by atoms with van der Waals surface area (Å²) in [6, 6.07) is 5.13. The zero-order chi connectivity index (χ0) is 9.42. The smallest absolute Gasteiger partial charge is 0.189 e. The second-order valence-electron chi connectivity index (χ2n) is 2.96. The van der Waals surface area contributed by atoms with Gasteiger partial charge in [0, 0.05) is 17.6 Å². The molecule has 0 aliphatic rings. The number of aryl methyl sites for hydroxylation is 1. The minimum absolute atomic E-state index is 0.00403. The Morgan fingerprint density at radius 3 is 2.85 bits per heavy atom. The Balaban J connectivity index is 3.03. The molecule has 66 valence electrons. The van der Waals surface area contributed by atoms with Crippen molar-refractivity contribution < 1.29 is 0 Å². The molecule has 2 rings (SSSR count). The van der Waals surface area contributed by atoms with Gasteiger partial charge in [0.05, 0.1) is 10.5 Å². The van der Waals surface area contributed by atoms with E-state index in [4.69, 9.17) is 11.6 Å². The van der Waals surface area contributed by atoms with Crippen LogP contribution < -0.4 is 5.43 Å². The van der Waals surface area contributed by atoms with Crippen LogP contribution in [0.25, 0.3) is 10.9 Å². The van der Waals surface area contributed by atoms with Gasteiger partial charge in [0.2, 0.25) is 0 Å². The summed E-state index contributed by atoms with van der Waals surface area (Å²) in [7, 11) is 0. The number of aromatic amines is 1. The number of pyridine rings is 1. The fourth-order valence-corrected chi connectivity index (χ4v) is 1.54. The van der Waals surface area contributed by atoms with Crippen molar-refractivity contribution in [3.8, 4) is 0 Å². The van der Waals surface area contributed by atoms with Crippen LogP contribution in [0.3, 0.4) is 0 Å². The van der Waals surface area contributed by atoms with E-state index in [1.807, 2.05) is 13.0 Å². The van der Waals surface area contributed by atoms with Gasteiger partial charge >= 0.3 is 0 Å². The highest BCUT2D eigenvalue weighted by Gasteiger charge is 2.03. The summed E-state index contributed by atoms with van der Waals surface area (Å²) in [5.41, 5.74) is 1.68. The van der Waals surface area contributed by atoms with Crippen LogP contribution in [0.15, 0.2) is 29.2 Å². The topological polar surface area (TPSA) is 32.9 Å². The first kappa shape index (κ1) is 8.32. The summed E-state index contributed by atoms with van der Waals surface area (Å²) in [5, 5.41) is 1.26. The third kappa shape index (κ3) is 1.23. The highest BCUT2D eigenvalue weighted by Crippen LogP contribution is 2.22. The van der Waals surface area contributed by atoms with Crippen molar-refractivity contribution in [3.63, 3.8) is 0 Å².